The second kappa shape index (κ2) is 8.51. The van der Waals surface area contributed by atoms with E-state index >= 15 is 0 Å². The first kappa shape index (κ1) is 18.7. The van der Waals surface area contributed by atoms with Crippen LogP contribution < -0.4 is 15.8 Å². The quantitative estimate of drug-likeness (QED) is 0.622. The molecule has 1 saturated heterocycles. The van der Waals surface area contributed by atoms with Gasteiger partial charge < -0.3 is 14.8 Å². The van der Waals surface area contributed by atoms with E-state index in [4.69, 9.17) is 5.84 Å². The number of hydrazine groups is 1. The van der Waals surface area contributed by atoms with Crippen LogP contribution >= 0.6 is 11.3 Å². The van der Waals surface area contributed by atoms with E-state index in [1.807, 2.05) is 18.0 Å². The summed E-state index contributed by atoms with van der Waals surface area (Å²) in [5, 5.41) is 2.88. The fourth-order valence-electron chi connectivity index (χ4n) is 3.09. The van der Waals surface area contributed by atoms with Gasteiger partial charge in [-0.05, 0) is 44.0 Å². The molecule has 0 saturated carbocycles. The Labute approximate surface area is 159 Å². The van der Waals surface area contributed by atoms with Crippen molar-refractivity contribution in [3.05, 3.63) is 41.0 Å². The van der Waals surface area contributed by atoms with Crippen molar-refractivity contribution in [2.45, 2.75) is 26.7 Å². The van der Waals surface area contributed by atoms with Crippen molar-refractivity contribution in [3.8, 4) is 0 Å². The second-order valence-electron chi connectivity index (χ2n) is 6.53. The van der Waals surface area contributed by atoms with Gasteiger partial charge in [0.1, 0.15) is 5.00 Å². The van der Waals surface area contributed by atoms with Crippen molar-refractivity contribution in [2.75, 3.05) is 42.6 Å². The predicted octanol–water partition coefficient (Wildman–Crippen LogP) is 2.30. The summed E-state index contributed by atoms with van der Waals surface area (Å²) in [4.78, 5) is 21.6. The van der Waals surface area contributed by atoms with Crippen molar-refractivity contribution >= 4 is 27.9 Å². The van der Waals surface area contributed by atoms with Crippen LogP contribution in [0.1, 0.15) is 24.4 Å². The molecule has 0 spiro atoms. The molecule has 140 valence electrons. The Kier molecular flexibility index (Phi) is 6.11. The van der Waals surface area contributed by atoms with Crippen molar-refractivity contribution in [3.63, 3.8) is 0 Å². The third-order valence-corrected chi connectivity index (χ3v) is 5.98. The maximum Gasteiger partial charge on any atom is 0.219 e. The lowest BCUT2D eigenvalue weighted by atomic mass is 10.2. The Morgan fingerprint density at radius 1 is 1.19 bits per heavy atom. The molecule has 0 radical (unpaired) electrons. The average molecular weight is 374 g/mol. The fraction of sp³-hybridized carbons (Fsp3) is 0.474. The lowest BCUT2D eigenvalue weighted by Crippen LogP contribution is -2.48. The van der Waals surface area contributed by atoms with Crippen LogP contribution in [0.5, 0.6) is 0 Å². The number of hydrogen-bond acceptors (Lipinski definition) is 6. The summed E-state index contributed by atoms with van der Waals surface area (Å²) in [6.45, 7) is 7.79. The number of carbonyl (C=O) groups is 1. The van der Waals surface area contributed by atoms with Gasteiger partial charge in [0.05, 0.1) is 11.9 Å². The molecule has 0 aliphatic carbocycles. The maximum atomic E-state index is 11.4. The molecule has 0 atom stereocenters. The zero-order valence-corrected chi connectivity index (χ0v) is 16.3. The van der Waals surface area contributed by atoms with Crippen molar-refractivity contribution in [1.29, 1.82) is 0 Å². The smallest absolute Gasteiger partial charge is 0.219 e. The number of hydrogen-bond donors (Lipinski definition) is 1. The SMILES string of the molecule is CCN(N)c1ccc(CCc2ccc(N3CCN(C(C)=O)CC3)cn2)s1. The van der Waals surface area contributed by atoms with Gasteiger partial charge in [0.2, 0.25) is 5.91 Å². The van der Waals surface area contributed by atoms with Crippen molar-refractivity contribution < 1.29 is 4.79 Å². The van der Waals surface area contributed by atoms with Gasteiger partial charge in [-0.1, -0.05) is 0 Å². The molecule has 6 nitrogen and oxygen atoms in total. The minimum absolute atomic E-state index is 0.159. The van der Waals surface area contributed by atoms with E-state index in [0.29, 0.717) is 0 Å². The topological polar surface area (TPSA) is 65.7 Å². The minimum Gasteiger partial charge on any atom is -0.367 e. The predicted molar refractivity (Wildman–Crippen MR) is 108 cm³/mol. The molecule has 3 rings (SSSR count). The molecular weight excluding hydrogens is 346 g/mol. The van der Waals surface area contributed by atoms with Crippen molar-refractivity contribution in [2.24, 2.45) is 5.84 Å². The van der Waals surface area contributed by atoms with Gasteiger partial charge in [0.15, 0.2) is 0 Å². The molecule has 0 unspecified atom stereocenters. The third kappa shape index (κ3) is 4.53. The molecule has 1 aliphatic rings. The summed E-state index contributed by atoms with van der Waals surface area (Å²) in [5.41, 5.74) is 2.24. The maximum absolute atomic E-state index is 11.4. The Hall–Kier alpha value is -2.12. The van der Waals surface area contributed by atoms with E-state index in [9.17, 15) is 4.79 Å². The third-order valence-electron chi connectivity index (χ3n) is 4.80. The van der Waals surface area contributed by atoms with Gasteiger partial charge in [-0.2, -0.15) is 0 Å². The summed E-state index contributed by atoms with van der Waals surface area (Å²) >= 11 is 1.75. The van der Waals surface area contributed by atoms with E-state index in [2.05, 4.69) is 34.1 Å². The number of aryl methyl sites for hydroxylation is 2. The van der Waals surface area contributed by atoms with Crippen LogP contribution in [-0.2, 0) is 17.6 Å². The van der Waals surface area contributed by atoms with Gasteiger partial charge in [0.25, 0.3) is 0 Å². The van der Waals surface area contributed by atoms with E-state index in [1.165, 1.54) is 4.88 Å². The zero-order chi connectivity index (χ0) is 18.5. The highest BCUT2D eigenvalue weighted by molar-refractivity contribution is 7.16. The van der Waals surface area contributed by atoms with Crippen LogP contribution in [0.15, 0.2) is 30.5 Å². The highest BCUT2D eigenvalue weighted by atomic mass is 32.1. The molecule has 1 amide bonds. The molecule has 1 fully saturated rings. The van der Waals surface area contributed by atoms with Crippen LogP contribution in [0.2, 0.25) is 0 Å². The summed E-state index contributed by atoms with van der Waals surface area (Å²) in [7, 11) is 0. The Morgan fingerprint density at radius 3 is 2.58 bits per heavy atom. The Morgan fingerprint density at radius 2 is 1.96 bits per heavy atom. The molecule has 26 heavy (non-hydrogen) atoms. The molecule has 7 heteroatoms. The van der Waals surface area contributed by atoms with Crippen LogP contribution in [0.4, 0.5) is 10.7 Å². The summed E-state index contributed by atoms with van der Waals surface area (Å²) in [6, 6.07) is 8.49. The summed E-state index contributed by atoms with van der Waals surface area (Å²) < 4.78 is 0. The van der Waals surface area contributed by atoms with Crippen LogP contribution in [0.3, 0.4) is 0 Å². The van der Waals surface area contributed by atoms with Crippen LogP contribution in [0.25, 0.3) is 0 Å². The molecule has 2 aromatic heterocycles. The second-order valence-corrected chi connectivity index (χ2v) is 7.67. The molecule has 2 aromatic rings. The number of nitrogens with zero attached hydrogens (tertiary/aromatic N) is 4. The Bertz CT molecular complexity index is 722. The number of aromatic nitrogens is 1. The zero-order valence-electron chi connectivity index (χ0n) is 15.5. The first-order valence-electron chi connectivity index (χ1n) is 9.13. The molecular formula is C19H27N5OS. The first-order chi connectivity index (χ1) is 12.6. The molecule has 0 bridgehead atoms. The molecule has 0 aromatic carbocycles. The number of thiophene rings is 1. The monoisotopic (exact) mass is 373 g/mol. The van der Waals surface area contributed by atoms with Gasteiger partial charge in [-0.25, -0.2) is 5.84 Å². The summed E-state index contributed by atoms with van der Waals surface area (Å²) in [6.07, 6.45) is 3.86. The average Bonchev–Trinajstić information content (AvgIpc) is 3.15. The number of amides is 1. The van der Waals surface area contributed by atoms with Crippen LogP contribution in [0, 0.1) is 0 Å². The normalized spacial score (nSPS) is 14.6. The highest BCUT2D eigenvalue weighted by Crippen LogP contribution is 2.25. The standard InChI is InChI=1S/C19H27N5OS/c1-3-24(20)19-9-8-18(26-19)7-5-16-4-6-17(14-21-16)23-12-10-22(11-13-23)15(2)25/h4,6,8-9,14H,3,5,7,10-13,20H2,1-2H3. The first-order valence-corrected chi connectivity index (χ1v) is 9.95. The van der Waals surface area contributed by atoms with E-state index < -0.39 is 0 Å². The number of rotatable bonds is 6. The fourth-order valence-corrected chi connectivity index (χ4v) is 4.08. The van der Waals surface area contributed by atoms with E-state index in [0.717, 1.165) is 61.9 Å². The molecule has 3 heterocycles. The van der Waals surface area contributed by atoms with Crippen LogP contribution in [-0.4, -0.2) is 48.5 Å². The van der Waals surface area contributed by atoms with Gasteiger partial charge in [-0.3, -0.25) is 9.78 Å². The largest absolute Gasteiger partial charge is 0.367 e. The van der Waals surface area contributed by atoms with Gasteiger partial charge >= 0.3 is 0 Å². The number of piperazine rings is 1. The molecule has 1 aliphatic heterocycles. The number of carbonyl (C=O) groups excluding carboxylic acids is 1. The number of anilines is 2. The molecule has 2 N–H and O–H groups in total. The number of nitrogens with two attached hydrogens (primary N) is 1. The van der Waals surface area contributed by atoms with E-state index in [-0.39, 0.29) is 5.91 Å². The number of pyridine rings is 1. The summed E-state index contributed by atoms with van der Waals surface area (Å²) in [5.74, 6) is 6.09. The lowest BCUT2D eigenvalue weighted by molar-refractivity contribution is -0.129. The van der Waals surface area contributed by atoms with Gasteiger partial charge in [-0.15, -0.1) is 11.3 Å². The van der Waals surface area contributed by atoms with Gasteiger partial charge in [0, 0.05) is 50.2 Å². The highest BCUT2D eigenvalue weighted by Gasteiger charge is 2.18. The lowest BCUT2D eigenvalue weighted by Gasteiger charge is -2.35. The minimum atomic E-state index is 0.159. The Balaban J connectivity index is 1.52. The van der Waals surface area contributed by atoms with E-state index in [1.54, 1.807) is 23.3 Å². The van der Waals surface area contributed by atoms with Crippen molar-refractivity contribution in [1.82, 2.24) is 9.88 Å².